The minimum atomic E-state index is -5.27. The molecule has 0 fully saturated rings. The van der Waals surface area contributed by atoms with Crippen LogP contribution in [0.15, 0.2) is 208 Å². The Bertz CT molecular complexity index is 2550. The maximum Gasteiger partial charge on any atom is 0.455 e. The third kappa shape index (κ3) is 11.0. The van der Waals surface area contributed by atoms with Crippen molar-refractivity contribution >= 4 is 73.5 Å². The third-order valence-electron chi connectivity index (χ3n) is 8.79. The molecule has 0 aliphatic heterocycles. The number of allylic oxidation sites excluding steroid dienone is 3. The Morgan fingerprint density at radius 3 is 1.39 bits per heavy atom. The molecule has 13 heteroatoms. The van der Waals surface area contributed by atoms with Gasteiger partial charge < -0.3 is 18.7 Å². The van der Waals surface area contributed by atoms with Crippen molar-refractivity contribution in [1.29, 1.82) is 0 Å². The third-order valence-corrected chi connectivity index (χ3v) is 15.6. The zero-order valence-corrected chi connectivity index (χ0v) is 37.1. The summed E-state index contributed by atoms with van der Waals surface area (Å²) in [7, 11) is -5.57. The second kappa shape index (κ2) is 21.4. The van der Waals surface area contributed by atoms with E-state index in [4.69, 9.17) is 0 Å². The van der Waals surface area contributed by atoms with Gasteiger partial charge in [0, 0.05) is 85.7 Å². The molecule has 0 aliphatic carbocycles. The van der Waals surface area contributed by atoms with Crippen LogP contribution in [0.25, 0.3) is 11.0 Å². The van der Waals surface area contributed by atoms with Crippen molar-refractivity contribution in [2.45, 2.75) is 13.1 Å². The number of hydrogen-bond donors (Lipinski definition) is 1. The van der Waals surface area contributed by atoms with Crippen LogP contribution in [0.3, 0.4) is 0 Å². The molecule has 0 spiro atoms. The molecule has 1 aromatic heterocycles. The van der Waals surface area contributed by atoms with E-state index >= 15 is 0 Å². The molecule has 0 amide bonds. The molecule has 0 saturated heterocycles. The smallest absolute Gasteiger partial charge is 0.455 e. The number of Topliss-reactive ketones (excluding diaryl/α,β-unsaturated/α-hetero) is 1. The van der Waals surface area contributed by atoms with E-state index < -0.39 is 43.2 Å². The van der Waals surface area contributed by atoms with Crippen molar-refractivity contribution in [2.75, 3.05) is 0 Å². The molecule has 1 heterocycles. The van der Waals surface area contributed by atoms with Gasteiger partial charge in [0.05, 0.1) is 5.39 Å². The number of fused-ring (bicyclic) bond motifs is 1. The van der Waals surface area contributed by atoms with Crippen LogP contribution in [0.2, 0.25) is 0 Å². The Morgan fingerprint density at radius 1 is 0.678 bits per heavy atom. The van der Waals surface area contributed by atoms with E-state index in [1.165, 1.54) is 18.2 Å². The van der Waals surface area contributed by atoms with Gasteiger partial charge in [-0.1, -0.05) is 186 Å². The van der Waals surface area contributed by atoms with Crippen LogP contribution >= 0.6 is 30.2 Å². The molecule has 0 saturated carbocycles. The van der Waals surface area contributed by atoms with E-state index in [1.807, 2.05) is 165 Å². The van der Waals surface area contributed by atoms with Crippen LogP contribution in [-0.2, 0) is 9.13 Å². The molecule has 7 rings (SSSR count). The number of aromatic hydroxyl groups is 1. The number of ketones is 1. The summed E-state index contributed by atoms with van der Waals surface area (Å²) in [6, 6.07) is 52.3. The van der Waals surface area contributed by atoms with Crippen molar-refractivity contribution in [3.8, 4) is 5.75 Å². The monoisotopic (exact) mass is 1040 g/mol. The van der Waals surface area contributed by atoms with Gasteiger partial charge in [-0.2, -0.15) is 13.2 Å². The molecule has 7 aromatic rings. The Labute approximate surface area is 388 Å². The number of benzene rings is 6. The summed E-state index contributed by atoms with van der Waals surface area (Å²) in [6.07, 6.45) is -1.69. The number of hydrogen-bond acceptors (Lipinski definition) is 6. The van der Waals surface area contributed by atoms with Gasteiger partial charge in [-0.05, 0) is 25.1 Å². The van der Waals surface area contributed by atoms with E-state index in [0.29, 0.717) is 4.47 Å². The SMILES string of the molecule is C=C/C(=C\C)P(=O)(c1ccccc1)c1ccccc1.O=C(c1c(O)c2ccc(Br)cc2oc1=O)C(F)(F)F.O=P(c1ccccc1)(c1ccccc1)c1ccccc1.[Eu]. The number of alkyl halides is 3. The first kappa shape index (κ1) is 47.5. The molecule has 0 atom stereocenters. The normalized spacial score (nSPS) is 11.5. The van der Waals surface area contributed by atoms with Crippen molar-refractivity contribution in [3.05, 3.63) is 214 Å². The fraction of sp³-hybridized carbons (Fsp3) is 0.0435. The van der Waals surface area contributed by atoms with Crippen LogP contribution in [-0.4, -0.2) is 17.1 Å². The minimum absolute atomic E-state index is 0. The van der Waals surface area contributed by atoms with Crippen molar-refractivity contribution in [3.63, 3.8) is 0 Å². The standard InChI is InChI=1S/C18H15OP.C17H17OP.C11H4BrF3O4.Eu/c19-20(16-10-4-1-5-11-16,17-12-6-2-7-13-17)18-14-8-3-9-15-18;1-3-15(4-2)19(18,16-11-7-5-8-12-16)17-13-9-6-10-14-17;12-4-1-2-5-6(3-4)19-10(18)7(8(5)16)9(17)11(13,14)15;/h1-15H;3-14H,1H2,2H3;1-3,16H;/b;15-4+;;. The van der Waals surface area contributed by atoms with Gasteiger partial charge in [0.2, 0.25) is 0 Å². The molecular weight excluding hydrogens is 999 g/mol. The summed E-state index contributed by atoms with van der Waals surface area (Å²) in [6.45, 7) is 5.71. The molecule has 6 aromatic carbocycles. The Balaban J connectivity index is 0.000000194. The topological polar surface area (TPSA) is 102 Å². The van der Waals surface area contributed by atoms with Gasteiger partial charge in [0.15, 0.2) is 19.8 Å². The average molecular weight is 1040 g/mol. The molecule has 0 bridgehead atoms. The second-order valence-electron chi connectivity index (χ2n) is 12.4. The Morgan fingerprint density at radius 2 is 1.05 bits per heavy atom. The molecule has 1 N–H and O–H groups in total. The van der Waals surface area contributed by atoms with E-state index in [9.17, 15) is 37.0 Å². The number of carbonyl (C=O) groups excluding carboxylic acids is 1. The minimum Gasteiger partial charge on any atom is -0.506 e. The molecule has 59 heavy (non-hydrogen) atoms. The van der Waals surface area contributed by atoms with E-state index in [-0.39, 0.29) is 60.3 Å². The fourth-order valence-corrected chi connectivity index (χ4v) is 11.7. The average Bonchev–Trinajstić information content (AvgIpc) is 3.25. The summed E-state index contributed by atoms with van der Waals surface area (Å²) in [4.78, 5) is 22.5. The van der Waals surface area contributed by atoms with Crippen LogP contribution in [0, 0.1) is 49.4 Å². The van der Waals surface area contributed by atoms with Crippen LogP contribution in [0.1, 0.15) is 17.3 Å². The van der Waals surface area contributed by atoms with E-state index in [1.54, 1.807) is 6.08 Å². The van der Waals surface area contributed by atoms with Gasteiger partial charge in [-0.25, -0.2) is 4.79 Å². The summed E-state index contributed by atoms with van der Waals surface area (Å²) in [5.41, 5.74) is -3.08. The number of rotatable bonds is 8. The maximum atomic E-state index is 13.8. The Kier molecular flexibility index (Phi) is 17.2. The predicted molar refractivity (Wildman–Crippen MR) is 232 cm³/mol. The predicted octanol–water partition coefficient (Wildman–Crippen LogP) is 10.4. The maximum absolute atomic E-state index is 13.8. The molecule has 0 aliphatic rings. The quantitative estimate of drug-likeness (QED) is 0.0704. The first-order chi connectivity index (χ1) is 27.8. The van der Waals surface area contributed by atoms with Gasteiger partial charge in [0.25, 0.3) is 5.78 Å². The largest absolute Gasteiger partial charge is 0.506 e. The van der Waals surface area contributed by atoms with Gasteiger partial charge in [-0.15, -0.1) is 0 Å². The molecule has 0 unspecified atom stereocenters. The van der Waals surface area contributed by atoms with E-state index in [2.05, 4.69) is 26.9 Å². The van der Waals surface area contributed by atoms with E-state index in [0.717, 1.165) is 31.8 Å². The number of halogens is 4. The second-order valence-corrected chi connectivity index (χ2v) is 18.8. The number of carbonyl (C=O) groups is 1. The van der Waals surface area contributed by atoms with Gasteiger partial charge >= 0.3 is 11.8 Å². The van der Waals surface area contributed by atoms with Gasteiger partial charge in [-0.3, -0.25) is 4.79 Å². The summed E-state index contributed by atoms with van der Waals surface area (Å²) < 4.78 is 69.5. The molecule has 6 nitrogen and oxygen atoms in total. The summed E-state index contributed by atoms with van der Waals surface area (Å²) in [5, 5.41) is 14.6. The Hall–Kier alpha value is -4.21. The first-order valence-corrected chi connectivity index (χ1v) is 21.8. The van der Waals surface area contributed by atoms with Gasteiger partial charge in [0.1, 0.15) is 11.3 Å². The molecule has 1 radical (unpaired) electrons. The van der Waals surface area contributed by atoms with Crippen LogP contribution in [0.4, 0.5) is 13.2 Å². The van der Waals surface area contributed by atoms with Crippen molar-refractivity contribution in [1.82, 2.24) is 0 Å². The van der Waals surface area contributed by atoms with Crippen LogP contribution in [0.5, 0.6) is 5.75 Å². The van der Waals surface area contributed by atoms with Crippen LogP contribution < -0.4 is 32.1 Å². The zero-order chi connectivity index (χ0) is 41.9. The molecule has 301 valence electrons. The first-order valence-electron chi connectivity index (χ1n) is 17.6. The van der Waals surface area contributed by atoms with Crippen molar-refractivity contribution in [2.24, 2.45) is 0 Å². The fourth-order valence-electron chi connectivity index (χ4n) is 6.01. The molecular formula is C46H36BrEuF3O6P2. The summed E-state index contributed by atoms with van der Waals surface area (Å²) >= 11 is 3.07. The summed E-state index contributed by atoms with van der Waals surface area (Å²) in [5.74, 6) is -3.48. The zero-order valence-electron chi connectivity index (χ0n) is 31.3. The van der Waals surface area contributed by atoms with Crippen molar-refractivity contribution < 1.29 is 86.0 Å².